The zero-order valence-corrected chi connectivity index (χ0v) is 11.5. The molecule has 0 fully saturated rings. The van der Waals surface area contributed by atoms with Gasteiger partial charge in [-0.3, -0.25) is 0 Å². The summed E-state index contributed by atoms with van der Waals surface area (Å²) in [6.07, 6.45) is 0. The second kappa shape index (κ2) is 5.21. The molecule has 86 valence electrons. The van der Waals surface area contributed by atoms with E-state index in [-0.39, 0.29) is 21.2 Å². The maximum atomic E-state index is 11.7. The van der Waals surface area contributed by atoms with Crippen LogP contribution in [-0.2, 0) is 10.0 Å². The second-order valence-electron chi connectivity index (χ2n) is 2.87. The van der Waals surface area contributed by atoms with E-state index in [1.54, 1.807) is 6.92 Å². The third-order valence-corrected chi connectivity index (χ3v) is 5.31. The molecule has 1 unspecified atom stereocenters. The fourth-order valence-electron chi connectivity index (χ4n) is 0.868. The van der Waals surface area contributed by atoms with Crippen molar-refractivity contribution >= 4 is 56.2 Å². The molecule has 1 heterocycles. The maximum absolute atomic E-state index is 11.7. The summed E-state index contributed by atoms with van der Waals surface area (Å²) in [5, 5.41) is 0. The van der Waals surface area contributed by atoms with Gasteiger partial charge in [-0.2, -0.15) is 0 Å². The highest BCUT2D eigenvalue weighted by Crippen LogP contribution is 2.34. The molecule has 0 saturated carbocycles. The summed E-state index contributed by atoms with van der Waals surface area (Å²) in [7, 11) is -3.62. The van der Waals surface area contributed by atoms with Crippen LogP contribution < -0.4 is 4.72 Å². The van der Waals surface area contributed by atoms with E-state index in [1.807, 2.05) is 0 Å². The summed E-state index contributed by atoms with van der Waals surface area (Å²) >= 11 is 17.9. The number of hydrogen-bond acceptors (Lipinski definition) is 3. The normalized spacial score (nSPS) is 14.1. The number of rotatable bonds is 4. The lowest BCUT2D eigenvalue weighted by Crippen LogP contribution is -2.33. The molecule has 1 N–H and O–H groups in total. The Morgan fingerprint density at radius 1 is 1.53 bits per heavy atom. The zero-order chi connectivity index (χ0) is 11.6. The van der Waals surface area contributed by atoms with E-state index < -0.39 is 10.0 Å². The van der Waals surface area contributed by atoms with Gasteiger partial charge in [0.25, 0.3) is 0 Å². The quantitative estimate of drug-likeness (QED) is 0.869. The lowest BCUT2D eigenvalue weighted by molar-refractivity contribution is 0.571. The molecule has 0 aliphatic carbocycles. The number of nitrogens with one attached hydrogen (secondary N) is 1. The van der Waals surface area contributed by atoms with Crippen molar-refractivity contribution in [1.29, 1.82) is 0 Å². The predicted molar refractivity (Wildman–Crippen MR) is 64.8 cm³/mol. The SMILES string of the molecule is CC(CCl)NS(=O)(=O)c1cc(Cl)sc1Cl. The highest BCUT2D eigenvalue weighted by molar-refractivity contribution is 7.89. The number of sulfonamides is 1. The largest absolute Gasteiger partial charge is 0.243 e. The van der Waals surface area contributed by atoms with Crippen LogP contribution in [0.5, 0.6) is 0 Å². The van der Waals surface area contributed by atoms with Crippen LogP contribution in [0.25, 0.3) is 0 Å². The van der Waals surface area contributed by atoms with Crippen LogP contribution in [0.1, 0.15) is 6.92 Å². The smallest absolute Gasteiger partial charge is 0.207 e. The first-order chi connectivity index (χ1) is 6.86. The van der Waals surface area contributed by atoms with E-state index >= 15 is 0 Å². The van der Waals surface area contributed by atoms with Gasteiger partial charge in [-0.1, -0.05) is 23.2 Å². The number of alkyl halides is 1. The Morgan fingerprint density at radius 3 is 2.53 bits per heavy atom. The molecule has 0 aliphatic heterocycles. The summed E-state index contributed by atoms with van der Waals surface area (Å²) < 4.78 is 26.3. The van der Waals surface area contributed by atoms with Crippen molar-refractivity contribution < 1.29 is 8.42 Å². The van der Waals surface area contributed by atoms with Crippen LogP contribution >= 0.6 is 46.1 Å². The summed E-state index contributed by atoms with van der Waals surface area (Å²) in [6.45, 7) is 1.66. The molecule has 0 spiro atoms. The second-order valence-corrected chi connectivity index (χ2v) is 7.14. The molecule has 1 aromatic heterocycles. The molecule has 0 saturated heterocycles. The van der Waals surface area contributed by atoms with Crippen LogP contribution in [0.4, 0.5) is 0 Å². The highest BCUT2D eigenvalue weighted by atomic mass is 35.5. The van der Waals surface area contributed by atoms with Gasteiger partial charge in [0.15, 0.2) is 0 Å². The lowest BCUT2D eigenvalue weighted by atomic mass is 10.4. The van der Waals surface area contributed by atoms with Crippen LogP contribution in [0.3, 0.4) is 0 Å². The van der Waals surface area contributed by atoms with E-state index in [2.05, 4.69) is 4.72 Å². The molecule has 3 nitrogen and oxygen atoms in total. The molecule has 1 atom stereocenters. The van der Waals surface area contributed by atoms with Crippen LogP contribution in [0, 0.1) is 0 Å². The fraction of sp³-hybridized carbons (Fsp3) is 0.429. The lowest BCUT2D eigenvalue weighted by Gasteiger charge is -2.10. The number of hydrogen-bond donors (Lipinski definition) is 1. The van der Waals surface area contributed by atoms with Crippen molar-refractivity contribution in [3.05, 3.63) is 14.7 Å². The molecule has 15 heavy (non-hydrogen) atoms. The van der Waals surface area contributed by atoms with Gasteiger partial charge in [-0.15, -0.1) is 22.9 Å². The van der Waals surface area contributed by atoms with Crippen LogP contribution in [0.15, 0.2) is 11.0 Å². The van der Waals surface area contributed by atoms with Gasteiger partial charge in [0.2, 0.25) is 10.0 Å². The average molecular weight is 309 g/mol. The van der Waals surface area contributed by atoms with E-state index in [9.17, 15) is 8.42 Å². The Balaban J connectivity index is 3.01. The molecule has 0 bridgehead atoms. The standard InChI is InChI=1S/C7H8Cl3NO2S2/c1-4(3-8)11-15(12,13)5-2-6(9)14-7(5)10/h2,4,11H,3H2,1H3. The van der Waals surface area contributed by atoms with Gasteiger partial charge in [0, 0.05) is 11.9 Å². The molecular weight excluding hydrogens is 301 g/mol. The van der Waals surface area contributed by atoms with Crippen molar-refractivity contribution in [2.45, 2.75) is 17.9 Å². The molecule has 0 radical (unpaired) electrons. The summed E-state index contributed by atoms with van der Waals surface area (Å²) in [6, 6.07) is 0.962. The Morgan fingerprint density at radius 2 is 2.13 bits per heavy atom. The third kappa shape index (κ3) is 3.47. The van der Waals surface area contributed by atoms with Crippen molar-refractivity contribution in [2.75, 3.05) is 5.88 Å². The molecule has 0 amide bonds. The van der Waals surface area contributed by atoms with Gasteiger partial charge < -0.3 is 0 Å². The predicted octanol–water partition coefficient (Wildman–Crippen LogP) is 2.96. The first-order valence-corrected chi connectivity index (χ1v) is 7.49. The highest BCUT2D eigenvalue weighted by Gasteiger charge is 2.22. The first kappa shape index (κ1) is 13.5. The van der Waals surface area contributed by atoms with Crippen molar-refractivity contribution in [3.8, 4) is 0 Å². The minimum atomic E-state index is -3.62. The Bertz CT molecular complexity index is 443. The Labute approximate surface area is 107 Å². The van der Waals surface area contributed by atoms with E-state index in [1.165, 1.54) is 6.07 Å². The topological polar surface area (TPSA) is 46.2 Å². The summed E-state index contributed by atoms with van der Waals surface area (Å²) in [4.78, 5) is -0.00358. The number of halogens is 3. The minimum Gasteiger partial charge on any atom is -0.207 e. The minimum absolute atomic E-state index is 0.00358. The third-order valence-electron chi connectivity index (χ3n) is 1.50. The molecule has 1 rings (SSSR count). The van der Waals surface area contributed by atoms with Gasteiger partial charge in [0.05, 0.1) is 4.34 Å². The Hall–Kier alpha value is 0.480. The van der Waals surface area contributed by atoms with Crippen molar-refractivity contribution in [2.24, 2.45) is 0 Å². The Kier molecular flexibility index (Phi) is 4.70. The molecule has 0 aliphatic rings. The van der Waals surface area contributed by atoms with Gasteiger partial charge in [-0.25, -0.2) is 13.1 Å². The van der Waals surface area contributed by atoms with Crippen molar-refractivity contribution in [3.63, 3.8) is 0 Å². The first-order valence-electron chi connectivity index (χ1n) is 3.90. The van der Waals surface area contributed by atoms with Crippen LogP contribution in [0.2, 0.25) is 8.67 Å². The van der Waals surface area contributed by atoms with Gasteiger partial charge in [0.1, 0.15) is 9.23 Å². The molecule has 1 aromatic rings. The van der Waals surface area contributed by atoms with Crippen LogP contribution in [-0.4, -0.2) is 20.3 Å². The summed E-state index contributed by atoms with van der Waals surface area (Å²) in [5.74, 6) is 0.189. The van der Waals surface area contributed by atoms with E-state index in [0.717, 1.165) is 11.3 Å². The average Bonchev–Trinajstić information content (AvgIpc) is 2.45. The van der Waals surface area contributed by atoms with E-state index in [0.29, 0.717) is 4.34 Å². The fourth-order valence-corrected chi connectivity index (χ4v) is 4.43. The summed E-state index contributed by atoms with van der Waals surface area (Å²) in [5.41, 5.74) is 0. The molecule has 8 heteroatoms. The molecular formula is C7H8Cl3NO2S2. The molecule has 0 aromatic carbocycles. The number of thiophene rings is 1. The van der Waals surface area contributed by atoms with Gasteiger partial charge >= 0.3 is 0 Å². The van der Waals surface area contributed by atoms with Gasteiger partial charge in [-0.05, 0) is 13.0 Å². The van der Waals surface area contributed by atoms with Crippen molar-refractivity contribution in [1.82, 2.24) is 4.72 Å². The maximum Gasteiger partial charge on any atom is 0.243 e. The monoisotopic (exact) mass is 307 g/mol. The van der Waals surface area contributed by atoms with E-state index in [4.69, 9.17) is 34.8 Å². The zero-order valence-electron chi connectivity index (χ0n) is 7.63.